The highest BCUT2D eigenvalue weighted by Gasteiger charge is 2.20. The van der Waals surface area contributed by atoms with Gasteiger partial charge in [0.15, 0.2) is 5.78 Å². The monoisotopic (exact) mass is 366 g/mol. The van der Waals surface area contributed by atoms with Crippen LogP contribution in [0.1, 0.15) is 63.5 Å². The Hall–Kier alpha value is -2.93. The molecule has 0 heterocycles. The van der Waals surface area contributed by atoms with E-state index in [0.29, 0.717) is 0 Å². The molecule has 1 heteroatoms. The molecular formula is C27H26O. The third kappa shape index (κ3) is 3.57. The van der Waals surface area contributed by atoms with Crippen molar-refractivity contribution in [1.82, 2.24) is 0 Å². The summed E-state index contributed by atoms with van der Waals surface area (Å²) in [6, 6.07) is 23.9. The van der Waals surface area contributed by atoms with Crippen LogP contribution in [-0.4, -0.2) is 5.78 Å². The number of rotatable bonds is 3. The zero-order chi connectivity index (χ0) is 19.7. The predicted octanol–water partition coefficient (Wildman–Crippen LogP) is 6.80. The lowest BCUT2D eigenvalue weighted by atomic mass is 9.87. The van der Waals surface area contributed by atoms with Crippen molar-refractivity contribution in [2.45, 2.75) is 40.0 Å². The van der Waals surface area contributed by atoms with Crippen LogP contribution in [-0.2, 0) is 6.42 Å². The van der Waals surface area contributed by atoms with E-state index in [2.05, 4.69) is 74.5 Å². The van der Waals surface area contributed by atoms with E-state index in [1.165, 1.54) is 44.5 Å². The van der Waals surface area contributed by atoms with Gasteiger partial charge in [-0.15, -0.1) is 0 Å². The lowest BCUT2D eigenvalue weighted by molar-refractivity contribution is 0.101. The summed E-state index contributed by atoms with van der Waals surface area (Å²) in [6.07, 6.45) is 3.13. The molecule has 0 N–H and O–H groups in total. The summed E-state index contributed by atoms with van der Waals surface area (Å²) in [6.45, 7) is 5.90. The van der Waals surface area contributed by atoms with Crippen molar-refractivity contribution in [3.8, 4) is 0 Å². The third-order valence-electron chi connectivity index (χ3n) is 5.70. The minimum absolute atomic E-state index is 0.131. The molecule has 140 valence electrons. The molecule has 3 aromatic carbocycles. The van der Waals surface area contributed by atoms with Gasteiger partial charge in [-0.25, -0.2) is 0 Å². The number of hydrogen-bond donors (Lipinski definition) is 0. The Balaban J connectivity index is 1.98. The second kappa shape index (κ2) is 7.59. The molecule has 0 atom stereocenters. The molecule has 0 spiro atoms. The predicted molar refractivity (Wildman–Crippen MR) is 118 cm³/mol. The molecule has 3 aromatic rings. The summed E-state index contributed by atoms with van der Waals surface area (Å²) in [5.41, 5.74) is 11.2. The largest absolute Gasteiger partial charge is 0.295 e. The minimum Gasteiger partial charge on any atom is -0.295 e. The van der Waals surface area contributed by atoms with Gasteiger partial charge in [0.1, 0.15) is 0 Å². The maximum Gasteiger partial charge on any atom is 0.159 e. The highest BCUT2D eigenvalue weighted by Crippen LogP contribution is 2.40. The first-order chi connectivity index (χ1) is 13.5. The molecule has 1 aliphatic carbocycles. The Morgan fingerprint density at radius 2 is 1.36 bits per heavy atom. The Morgan fingerprint density at radius 3 is 1.96 bits per heavy atom. The number of fused-ring (bicyclic) bond motifs is 1. The van der Waals surface area contributed by atoms with Crippen LogP contribution in [0.25, 0.3) is 11.1 Å². The van der Waals surface area contributed by atoms with Gasteiger partial charge in [0.2, 0.25) is 0 Å². The van der Waals surface area contributed by atoms with E-state index in [-0.39, 0.29) is 5.78 Å². The summed E-state index contributed by atoms with van der Waals surface area (Å²) in [5, 5.41) is 0. The van der Waals surface area contributed by atoms with Gasteiger partial charge >= 0.3 is 0 Å². The van der Waals surface area contributed by atoms with Gasteiger partial charge in [0, 0.05) is 5.56 Å². The number of Topliss-reactive ketones (excluding diaryl/α,β-unsaturated/α-hetero) is 1. The first-order valence-corrected chi connectivity index (χ1v) is 10.0. The van der Waals surface area contributed by atoms with Crippen molar-refractivity contribution in [2.75, 3.05) is 0 Å². The third-order valence-corrected chi connectivity index (χ3v) is 5.70. The number of hydrogen-bond acceptors (Lipinski definition) is 1. The highest BCUT2D eigenvalue weighted by molar-refractivity contribution is 6.01. The van der Waals surface area contributed by atoms with Crippen LogP contribution < -0.4 is 0 Å². The van der Waals surface area contributed by atoms with E-state index in [9.17, 15) is 4.79 Å². The quantitative estimate of drug-likeness (QED) is 0.466. The first kappa shape index (κ1) is 18.4. The van der Waals surface area contributed by atoms with Crippen molar-refractivity contribution < 1.29 is 4.79 Å². The van der Waals surface area contributed by atoms with Gasteiger partial charge in [0.25, 0.3) is 0 Å². The molecule has 0 radical (unpaired) electrons. The second-order valence-corrected chi connectivity index (χ2v) is 7.87. The van der Waals surface area contributed by atoms with Gasteiger partial charge in [-0.2, -0.15) is 0 Å². The number of benzene rings is 3. The van der Waals surface area contributed by atoms with Crippen molar-refractivity contribution in [3.63, 3.8) is 0 Å². The average molecular weight is 367 g/mol. The molecule has 0 aromatic heterocycles. The zero-order valence-corrected chi connectivity index (χ0v) is 16.9. The van der Waals surface area contributed by atoms with E-state index in [4.69, 9.17) is 0 Å². The van der Waals surface area contributed by atoms with Crippen molar-refractivity contribution in [1.29, 1.82) is 0 Å². The molecule has 1 nitrogen and oxygen atoms in total. The SMILES string of the molecule is CC(=O)c1ccc2c(c1)CCCC(c1ccc(C)cc1)=C2c1ccc(C)cc1. The van der Waals surface area contributed by atoms with Crippen molar-refractivity contribution in [2.24, 2.45) is 0 Å². The van der Waals surface area contributed by atoms with Crippen LogP contribution in [0.3, 0.4) is 0 Å². The molecule has 0 fully saturated rings. The van der Waals surface area contributed by atoms with Gasteiger partial charge in [-0.05, 0) is 79.5 Å². The number of allylic oxidation sites excluding steroid dienone is 1. The van der Waals surface area contributed by atoms with E-state index < -0.39 is 0 Å². The number of aryl methyl sites for hydroxylation is 3. The molecule has 0 saturated heterocycles. The van der Waals surface area contributed by atoms with Gasteiger partial charge in [-0.3, -0.25) is 4.79 Å². The summed E-state index contributed by atoms with van der Waals surface area (Å²) in [5.74, 6) is 0.131. The Labute approximate surface area is 167 Å². The smallest absolute Gasteiger partial charge is 0.159 e. The fourth-order valence-corrected chi connectivity index (χ4v) is 4.10. The fourth-order valence-electron chi connectivity index (χ4n) is 4.10. The minimum atomic E-state index is 0.131. The average Bonchev–Trinajstić information content (AvgIpc) is 2.88. The van der Waals surface area contributed by atoms with Crippen LogP contribution in [0.5, 0.6) is 0 Å². The normalized spacial score (nSPS) is 13.8. The first-order valence-electron chi connectivity index (χ1n) is 10.0. The van der Waals surface area contributed by atoms with Gasteiger partial charge < -0.3 is 0 Å². The maximum absolute atomic E-state index is 11.9. The molecular weight excluding hydrogens is 340 g/mol. The number of carbonyl (C=O) groups excluding carboxylic acids is 1. The van der Waals surface area contributed by atoms with Gasteiger partial charge in [-0.1, -0.05) is 71.8 Å². The van der Waals surface area contributed by atoms with E-state index in [1.807, 2.05) is 6.07 Å². The second-order valence-electron chi connectivity index (χ2n) is 7.87. The molecule has 0 saturated carbocycles. The molecule has 0 unspecified atom stereocenters. The van der Waals surface area contributed by atoms with E-state index in [0.717, 1.165) is 24.8 Å². The summed E-state index contributed by atoms with van der Waals surface area (Å²) >= 11 is 0. The van der Waals surface area contributed by atoms with Crippen molar-refractivity contribution in [3.05, 3.63) is 106 Å². The topological polar surface area (TPSA) is 17.1 Å². The van der Waals surface area contributed by atoms with Crippen LogP contribution in [0.2, 0.25) is 0 Å². The van der Waals surface area contributed by atoms with Crippen LogP contribution in [0.4, 0.5) is 0 Å². The van der Waals surface area contributed by atoms with E-state index >= 15 is 0 Å². The Kier molecular flexibility index (Phi) is 5.00. The van der Waals surface area contributed by atoms with Crippen LogP contribution in [0.15, 0.2) is 66.7 Å². The molecule has 1 aliphatic rings. The van der Waals surface area contributed by atoms with Gasteiger partial charge in [0.05, 0.1) is 0 Å². The van der Waals surface area contributed by atoms with E-state index in [1.54, 1.807) is 6.92 Å². The molecule has 4 rings (SSSR count). The molecule has 0 amide bonds. The summed E-state index contributed by atoms with van der Waals surface area (Å²) < 4.78 is 0. The van der Waals surface area contributed by atoms with Crippen LogP contribution in [0, 0.1) is 13.8 Å². The number of ketones is 1. The summed E-state index contributed by atoms with van der Waals surface area (Å²) in [4.78, 5) is 11.9. The van der Waals surface area contributed by atoms with Crippen molar-refractivity contribution >= 4 is 16.9 Å². The maximum atomic E-state index is 11.9. The summed E-state index contributed by atoms with van der Waals surface area (Å²) in [7, 11) is 0. The zero-order valence-electron chi connectivity index (χ0n) is 16.9. The molecule has 0 aliphatic heterocycles. The van der Waals surface area contributed by atoms with Crippen LogP contribution >= 0.6 is 0 Å². The lowest BCUT2D eigenvalue weighted by Gasteiger charge is -2.17. The Bertz CT molecular complexity index is 1050. The standard InChI is InChI=1S/C27H26O/c1-18-7-11-21(12-8-18)25-6-4-5-24-17-23(20(3)28)15-16-26(24)27(25)22-13-9-19(2)10-14-22/h7-17H,4-6H2,1-3H3. The Morgan fingerprint density at radius 1 is 0.750 bits per heavy atom. The highest BCUT2D eigenvalue weighted by atomic mass is 16.1. The molecule has 0 bridgehead atoms. The lowest BCUT2D eigenvalue weighted by Crippen LogP contribution is -2.00. The number of carbonyl (C=O) groups is 1. The fraction of sp³-hybridized carbons (Fsp3) is 0.222. The molecule has 28 heavy (non-hydrogen) atoms.